The number of morpholine rings is 1. The molecule has 1 aliphatic rings. The van der Waals surface area contributed by atoms with Gasteiger partial charge in [-0.15, -0.1) is 11.3 Å². The van der Waals surface area contributed by atoms with Crippen molar-refractivity contribution < 1.29 is 19.4 Å². The largest absolute Gasteiger partial charge is 0.508 e. The van der Waals surface area contributed by atoms with Gasteiger partial charge >= 0.3 is 0 Å². The van der Waals surface area contributed by atoms with Crippen molar-refractivity contribution in [3.05, 3.63) is 83.9 Å². The first-order valence-electron chi connectivity index (χ1n) is 11.1. The van der Waals surface area contributed by atoms with Crippen LogP contribution in [0.15, 0.2) is 72.8 Å². The highest BCUT2D eigenvalue weighted by molar-refractivity contribution is 7.22. The number of hydrogen-bond acceptors (Lipinski definition) is 6. The van der Waals surface area contributed by atoms with Crippen molar-refractivity contribution in [2.45, 2.75) is 0 Å². The zero-order valence-electron chi connectivity index (χ0n) is 18.2. The predicted molar refractivity (Wildman–Crippen MR) is 132 cm³/mol. The van der Waals surface area contributed by atoms with E-state index in [-0.39, 0.29) is 11.5 Å². The molecule has 0 unspecified atom stereocenters. The molecule has 2 heterocycles. The summed E-state index contributed by atoms with van der Waals surface area (Å²) in [5.41, 5.74) is 2.24. The first-order valence-corrected chi connectivity index (χ1v) is 11.9. The molecule has 5 nitrogen and oxygen atoms in total. The molecule has 1 aromatic heterocycles. The fourth-order valence-corrected chi connectivity index (χ4v) is 5.26. The van der Waals surface area contributed by atoms with Crippen molar-refractivity contribution in [3.63, 3.8) is 0 Å². The topological polar surface area (TPSA) is 59.0 Å². The lowest BCUT2D eigenvalue weighted by atomic mass is 9.97. The molecular formula is C27H25NO4S. The zero-order valence-corrected chi connectivity index (χ0v) is 19.0. The second kappa shape index (κ2) is 9.75. The zero-order chi connectivity index (χ0) is 22.6. The number of phenols is 1. The summed E-state index contributed by atoms with van der Waals surface area (Å²) < 4.78 is 12.3. The van der Waals surface area contributed by atoms with Gasteiger partial charge < -0.3 is 14.6 Å². The van der Waals surface area contributed by atoms with Gasteiger partial charge in [-0.3, -0.25) is 9.69 Å². The molecule has 0 bridgehead atoms. The Bertz CT molecular complexity index is 1240. The van der Waals surface area contributed by atoms with Crippen LogP contribution in [0.4, 0.5) is 0 Å². The summed E-state index contributed by atoms with van der Waals surface area (Å²) in [4.78, 5) is 16.8. The average Bonchev–Trinajstić information content (AvgIpc) is 3.25. The molecule has 1 N–H and O–H groups in total. The number of ether oxygens (including phenoxy) is 2. The minimum absolute atomic E-state index is 0.0182. The molecule has 6 heteroatoms. The first kappa shape index (κ1) is 21.6. The van der Waals surface area contributed by atoms with E-state index >= 15 is 0 Å². The lowest BCUT2D eigenvalue weighted by molar-refractivity contribution is 0.0322. The van der Waals surface area contributed by atoms with Gasteiger partial charge in [0.2, 0.25) is 0 Å². The van der Waals surface area contributed by atoms with Crippen molar-refractivity contribution in [1.29, 1.82) is 0 Å². The summed E-state index contributed by atoms with van der Waals surface area (Å²) in [5, 5.41) is 10.6. The summed E-state index contributed by atoms with van der Waals surface area (Å²) in [6, 6.07) is 22.4. The van der Waals surface area contributed by atoms with Gasteiger partial charge in [0, 0.05) is 45.7 Å². The highest BCUT2D eigenvalue weighted by Crippen LogP contribution is 2.40. The van der Waals surface area contributed by atoms with Crippen LogP contribution in [0.3, 0.4) is 0 Å². The fourth-order valence-electron chi connectivity index (χ4n) is 4.05. The summed E-state index contributed by atoms with van der Waals surface area (Å²) >= 11 is 1.59. The third kappa shape index (κ3) is 4.78. The average molecular weight is 460 g/mol. The Kier molecular flexibility index (Phi) is 6.39. The summed E-state index contributed by atoms with van der Waals surface area (Å²) in [6.07, 6.45) is 0. The minimum Gasteiger partial charge on any atom is -0.508 e. The smallest absolute Gasteiger partial charge is 0.195 e. The molecule has 0 amide bonds. The van der Waals surface area contributed by atoms with Gasteiger partial charge in [0.15, 0.2) is 5.78 Å². The van der Waals surface area contributed by atoms with E-state index in [1.807, 2.05) is 60.7 Å². The number of phenolic OH excluding ortho intramolecular Hbond substituents is 1. The summed E-state index contributed by atoms with van der Waals surface area (Å²) in [6.45, 7) is 4.90. The maximum atomic E-state index is 13.6. The van der Waals surface area contributed by atoms with E-state index in [0.29, 0.717) is 17.7 Å². The van der Waals surface area contributed by atoms with Gasteiger partial charge in [0.1, 0.15) is 18.1 Å². The van der Waals surface area contributed by atoms with Crippen molar-refractivity contribution >= 4 is 27.2 Å². The van der Waals surface area contributed by atoms with Crippen LogP contribution in [0.5, 0.6) is 11.5 Å². The fraction of sp³-hybridized carbons (Fsp3) is 0.222. The van der Waals surface area contributed by atoms with Crippen LogP contribution in [0, 0.1) is 0 Å². The molecule has 33 heavy (non-hydrogen) atoms. The van der Waals surface area contributed by atoms with E-state index in [0.717, 1.165) is 59.1 Å². The minimum atomic E-state index is -0.0182. The SMILES string of the molecule is O=C(c1ccc(OCCN2CCOCC2)cc1)c1c(-c2ccc(O)cc2)sc2ccccc12. The highest BCUT2D eigenvalue weighted by Gasteiger charge is 2.21. The summed E-state index contributed by atoms with van der Waals surface area (Å²) in [5.74, 6) is 0.945. The van der Waals surface area contributed by atoms with Crippen molar-refractivity contribution in [3.8, 4) is 21.9 Å². The van der Waals surface area contributed by atoms with Crippen LogP contribution >= 0.6 is 11.3 Å². The number of fused-ring (bicyclic) bond motifs is 1. The molecule has 0 aliphatic carbocycles. The van der Waals surface area contributed by atoms with Crippen LogP contribution in [-0.4, -0.2) is 55.2 Å². The second-order valence-corrected chi connectivity index (χ2v) is 9.06. The lowest BCUT2D eigenvalue weighted by Gasteiger charge is -2.26. The number of thiophene rings is 1. The molecule has 0 radical (unpaired) electrons. The van der Waals surface area contributed by atoms with E-state index in [1.54, 1.807) is 23.5 Å². The number of aromatic hydroxyl groups is 1. The van der Waals surface area contributed by atoms with Crippen molar-refractivity contribution in [1.82, 2.24) is 4.90 Å². The number of carbonyl (C=O) groups is 1. The van der Waals surface area contributed by atoms with Gasteiger partial charge in [-0.05, 0) is 60.2 Å². The lowest BCUT2D eigenvalue weighted by Crippen LogP contribution is -2.38. The third-order valence-corrected chi connectivity index (χ3v) is 7.07. The number of nitrogens with zero attached hydrogens (tertiary/aromatic N) is 1. The van der Waals surface area contributed by atoms with Crippen molar-refractivity contribution in [2.24, 2.45) is 0 Å². The van der Waals surface area contributed by atoms with Crippen LogP contribution in [0.25, 0.3) is 20.5 Å². The molecule has 1 saturated heterocycles. The maximum absolute atomic E-state index is 13.6. The summed E-state index contributed by atoms with van der Waals surface area (Å²) in [7, 11) is 0. The van der Waals surface area contributed by atoms with Crippen LogP contribution in [0.2, 0.25) is 0 Å². The standard InChI is InChI=1S/C27H25NO4S/c29-21-9-5-20(6-10-21)27-25(23-3-1-2-4-24(23)33-27)26(30)19-7-11-22(12-8-19)32-18-15-28-13-16-31-17-14-28/h1-12,29H,13-18H2. The molecule has 3 aromatic carbocycles. The van der Waals surface area contributed by atoms with E-state index < -0.39 is 0 Å². The quantitative estimate of drug-likeness (QED) is 0.384. The number of rotatable bonds is 7. The molecule has 4 aromatic rings. The molecule has 0 spiro atoms. The molecule has 0 saturated carbocycles. The molecular weight excluding hydrogens is 434 g/mol. The Morgan fingerprint density at radius 2 is 1.70 bits per heavy atom. The number of benzene rings is 3. The maximum Gasteiger partial charge on any atom is 0.195 e. The number of carbonyl (C=O) groups excluding carboxylic acids is 1. The third-order valence-electron chi connectivity index (χ3n) is 5.85. The van der Waals surface area contributed by atoms with E-state index in [1.165, 1.54) is 0 Å². The van der Waals surface area contributed by atoms with Gasteiger partial charge in [-0.1, -0.05) is 18.2 Å². The molecule has 0 atom stereocenters. The first-order chi connectivity index (χ1) is 16.2. The molecule has 1 fully saturated rings. The van der Waals surface area contributed by atoms with Gasteiger partial charge in [0.25, 0.3) is 0 Å². The van der Waals surface area contributed by atoms with Crippen LogP contribution in [-0.2, 0) is 4.74 Å². The van der Waals surface area contributed by atoms with Crippen LogP contribution in [0.1, 0.15) is 15.9 Å². The Balaban J connectivity index is 1.37. The van der Waals surface area contributed by atoms with Gasteiger partial charge in [-0.2, -0.15) is 0 Å². The normalized spacial score (nSPS) is 14.4. The molecule has 168 valence electrons. The Morgan fingerprint density at radius 1 is 0.970 bits per heavy atom. The number of ketones is 1. The van der Waals surface area contributed by atoms with Gasteiger partial charge in [0.05, 0.1) is 13.2 Å². The monoisotopic (exact) mass is 459 g/mol. The molecule has 1 aliphatic heterocycles. The predicted octanol–water partition coefficient (Wildman–Crippen LogP) is 5.22. The van der Waals surface area contributed by atoms with Crippen LogP contribution < -0.4 is 4.74 Å². The Hall–Kier alpha value is -3.19. The number of hydrogen-bond donors (Lipinski definition) is 1. The van der Waals surface area contributed by atoms with Gasteiger partial charge in [-0.25, -0.2) is 0 Å². The Morgan fingerprint density at radius 3 is 2.45 bits per heavy atom. The second-order valence-electron chi connectivity index (χ2n) is 8.01. The van der Waals surface area contributed by atoms with E-state index in [2.05, 4.69) is 4.90 Å². The Labute approximate surface area is 196 Å². The molecule has 5 rings (SSSR count). The van der Waals surface area contributed by atoms with E-state index in [9.17, 15) is 9.90 Å². The van der Waals surface area contributed by atoms with Crippen molar-refractivity contribution in [2.75, 3.05) is 39.5 Å². The van der Waals surface area contributed by atoms with E-state index in [4.69, 9.17) is 9.47 Å². The highest BCUT2D eigenvalue weighted by atomic mass is 32.1.